The molecule has 176 valence electrons. The van der Waals surface area contributed by atoms with Crippen molar-refractivity contribution in [2.75, 3.05) is 11.9 Å². The molecule has 2 fully saturated rings. The Balaban J connectivity index is 1.46. The first kappa shape index (κ1) is 23.7. The van der Waals surface area contributed by atoms with Crippen molar-refractivity contribution in [1.29, 1.82) is 0 Å². The number of thiazole rings is 1. The van der Waals surface area contributed by atoms with Crippen molar-refractivity contribution in [3.63, 3.8) is 0 Å². The molecular weight excluding hydrogens is 442 g/mol. The van der Waals surface area contributed by atoms with E-state index in [0.29, 0.717) is 29.7 Å². The fraction of sp³-hybridized carbons (Fsp3) is 0.625. The molecule has 0 bridgehead atoms. The third kappa shape index (κ3) is 5.71. The maximum Gasteiger partial charge on any atom is 0.241 e. The molecule has 0 radical (unpaired) electrons. The van der Waals surface area contributed by atoms with Crippen molar-refractivity contribution < 1.29 is 13.5 Å². The van der Waals surface area contributed by atoms with Gasteiger partial charge in [0.15, 0.2) is 5.13 Å². The summed E-state index contributed by atoms with van der Waals surface area (Å²) in [5.41, 5.74) is 2.50. The number of hydrogen-bond acceptors (Lipinski definition) is 6. The van der Waals surface area contributed by atoms with Gasteiger partial charge in [0.1, 0.15) is 0 Å². The third-order valence-electron chi connectivity index (χ3n) is 6.82. The van der Waals surface area contributed by atoms with Crippen molar-refractivity contribution in [2.24, 2.45) is 5.92 Å². The Labute approximate surface area is 195 Å². The van der Waals surface area contributed by atoms with Gasteiger partial charge in [0.25, 0.3) is 0 Å². The summed E-state index contributed by atoms with van der Waals surface area (Å²) in [4.78, 5) is 5.99. The van der Waals surface area contributed by atoms with Crippen molar-refractivity contribution in [1.82, 2.24) is 9.71 Å². The molecule has 0 aliphatic heterocycles. The Bertz CT molecular complexity index is 1030. The summed E-state index contributed by atoms with van der Waals surface area (Å²) in [5.74, 6) is 0.829. The number of rotatable bonds is 8. The largest absolute Gasteiger partial charge is 0.393 e. The average molecular weight is 478 g/mol. The molecular formula is C24H35N3O3S2. The molecule has 2 unspecified atom stereocenters. The van der Waals surface area contributed by atoms with Gasteiger partial charge in [0.05, 0.1) is 21.6 Å². The Morgan fingerprint density at radius 1 is 1.12 bits per heavy atom. The molecule has 3 N–H and O–H groups in total. The summed E-state index contributed by atoms with van der Waals surface area (Å²) in [6.45, 7) is 4.73. The number of aryl methyl sites for hydroxylation is 2. The van der Waals surface area contributed by atoms with E-state index in [0.717, 1.165) is 33.7 Å². The molecule has 0 saturated heterocycles. The minimum atomic E-state index is -3.65. The zero-order valence-electron chi connectivity index (χ0n) is 19.1. The smallest absolute Gasteiger partial charge is 0.241 e. The number of aromatic nitrogens is 1. The summed E-state index contributed by atoms with van der Waals surface area (Å²) in [6.07, 6.45) is 9.34. The first-order valence-corrected chi connectivity index (χ1v) is 14.1. The van der Waals surface area contributed by atoms with Crippen LogP contribution in [0.1, 0.15) is 69.0 Å². The van der Waals surface area contributed by atoms with Crippen LogP contribution >= 0.6 is 11.3 Å². The maximum atomic E-state index is 13.1. The summed E-state index contributed by atoms with van der Waals surface area (Å²) in [5, 5.41) is 14.1. The molecule has 1 aromatic heterocycles. The number of hydrogen-bond donors (Lipinski definition) is 3. The molecule has 2 aliphatic carbocycles. The van der Waals surface area contributed by atoms with Gasteiger partial charge >= 0.3 is 0 Å². The van der Waals surface area contributed by atoms with Gasteiger partial charge in [0.2, 0.25) is 10.0 Å². The first-order chi connectivity index (χ1) is 15.3. The predicted molar refractivity (Wildman–Crippen MR) is 131 cm³/mol. The van der Waals surface area contributed by atoms with E-state index in [1.54, 1.807) is 17.4 Å². The molecule has 2 aliphatic rings. The van der Waals surface area contributed by atoms with Gasteiger partial charge in [-0.25, -0.2) is 18.1 Å². The van der Waals surface area contributed by atoms with Gasteiger partial charge in [-0.3, -0.25) is 0 Å². The highest BCUT2D eigenvalue weighted by atomic mass is 32.2. The van der Waals surface area contributed by atoms with Crippen LogP contribution in [0.2, 0.25) is 0 Å². The number of aliphatic hydroxyl groups excluding tert-OH is 1. The number of nitrogens with zero attached hydrogens (tertiary/aromatic N) is 1. The third-order valence-corrected chi connectivity index (χ3v) is 9.64. The van der Waals surface area contributed by atoms with E-state index < -0.39 is 16.1 Å². The molecule has 0 amide bonds. The van der Waals surface area contributed by atoms with E-state index >= 15 is 0 Å². The van der Waals surface area contributed by atoms with Gasteiger partial charge in [-0.2, -0.15) is 0 Å². The number of sulfonamides is 1. The summed E-state index contributed by atoms with van der Waals surface area (Å²) >= 11 is 1.59. The zero-order valence-corrected chi connectivity index (χ0v) is 20.7. The van der Waals surface area contributed by atoms with E-state index in [1.165, 1.54) is 38.5 Å². The fourth-order valence-electron chi connectivity index (χ4n) is 4.98. The lowest BCUT2D eigenvalue weighted by molar-refractivity contribution is 0.181. The Morgan fingerprint density at radius 2 is 1.91 bits per heavy atom. The van der Waals surface area contributed by atoms with Gasteiger partial charge in [-0.15, -0.1) is 0 Å². The number of anilines is 1. The molecule has 2 aromatic rings. The van der Waals surface area contributed by atoms with E-state index in [2.05, 4.69) is 10.0 Å². The van der Waals surface area contributed by atoms with Gasteiger partial charge in [-0.05, 0) is 62.6 Å². The second kappa shape index (κ2) is 10.2. The quantitative estimate of drug-likeness (QED) is 0.498. The van der Waals surface area contributed by atoms with Crippen molar-refractivity contribution in [2.45, 2.75) is 88.7 Å². The molecule has 8 heteroatoms. The van der Waals surface area contributed by atoms with Crippen LogP contribution in [0.5, 0.6) is 0 Å². The molecule has 1 aromatic carbocycles. The van der Waals surface area contributed by atoms with Crippen molar-refractivity contribution in [3.8, 4) is 10.4 Å². The maximum absolute atomic E-state index is 13.1. The van der Waals surface area contributed by atoms with E-state index in [9.17, 15) is 13.5 Å². The van der Waals surface area contributed by atoms with Crippen LogP contribution in [-0.2, 0) is 10.0 Å². The lowest BCUT2D eigenvalue weighted by atomic mass is 9.87. The van der Waals surface area contributed by atoms with Crippen LogP contribution in [0.4, 0.5) is 5.13 Å². The van der Waals surface area contributed by atoms with Crippen LogP contribution in [0.15, 0.2) is 23.1 Å². The molecule has 4 rings (SSSR count). The summed E-state index contributed by atoms with van der Waals surface area (Å²) in [7, 11) is -3.65. The minimum Gasteiger partial charge on any atom is -0.393 e. The van der Waals surface area contributed by atoms with E-state index in [4.69, 9.17) is 4.98 Å². The monoisotopic (exact) mass is 477 g/mol. The van der Waals surface area contributed by atoms with Crippen molar-refractivity contribution in [3.05, 3.63) is 29.5 Å². The zero-order chi connectivity index (χ0) is 22.7. The molecule has 6 nitrogen and oxygen atoms in total. The molecule has 0 spiro atoms. The standard InChI is InChI=1S/C24H35N3O3S2/c1-16-8-9-19(14-22(16)32(29,30)27-20-10-11-21(28)15-20)23-17(2)26-24(31-23)25-13-12-18-6-4-3-5-7-18/h8-9,14,18,20-21,27-28H,3-7,10-13,15H2,1-2H3,(H,25,26). The van der Waals surface area contributed by atoms with Crippen LogP contribution in [0.25, 0.3) is 10.4 Å². The molecule has 32 heavy (non-hydrogen) atoms. The summed E-state index contributed by atoms with van der Waals surface area (Å²) in [6, 6.07) is 5.39. The van der Waals surface area contributed by atoms with E-state index in [-0.39, 0.29) is 6.04 Å². The Morgan fingerprint density at radius 3 is 2.62 bits per heavy atom. The van der Waals surface area contributed by atoms with Crippen LogP contribution in [-0.4, -0.2) is 37.2 Å². The Hall–Kier alpha value is -1.48. The topological polar surface area (TPSA) is 91.3 Å². The van der Waals surface area contributed by atoms with Crippen LogP contribution in [0.3, 0.4) is 0 Å². The number of aliphatic hydroxyl groups is 1. The van der Waals surface area contributed by atoms with Gasteiger partial charge < -0.3 is 10.4 Å². The van der Waals surface area contributed by atoms with Gasteiger partial charge in [-0.1, -0.05) is 55.6 Å². The normalized spacial score (nSPS) is 22.3. The highest BCUT2D eigenvalue weighted by molar-refractivity contribution is 7.89. The molecule has 2 atom stereocenters. The average Bonchev–Trinajstić information content (AvgIpc) is 3.33. The Kier molecular flexibility index (Phi) is 7.54. The lowest BCUT2D eigenvalue weighted by Gasteiger charge is -2.21. The fourth-order valence-corrected chi connectivity index (χ4v) is 7.52. The summed E-state index contributed by atoms with van der Waals surface area (Å²) < 4.78 is 28.9. The molecule has 2 saturated carbocycles. The van der Waals surface area contributed by atoms with Crippen LogP contribution < -0.4 is 10.0 Å². The number of nitrogens with one attached hydrogen (secondary N) is 2. The predicted octanol–water partition coefficient (Wildman–Crippen LogP) is 5.00. The van der Waals surface area contributed by atoms with Crippen LogP contribution in [0, 0.1) is 19.8 Å². The van der Waals surface area contributed by atoms with Gasteiger partial charge in [0, 0.05) is 12.6 Å². The lowest BCUT2D eigenvalue weighted by Crippen LogP contribution is -2.33. The number of benzene rings is 1. The first-order valence-electron chi connectivity index (χ1n) is 11.8. The van der Waals surface area contributed by atoms with E-state index in [1.807, 2.05) is 26.0 Å². The minimum absolute atomic E-state index is 0.205. The highest BCUT2D eigenvalue weighted by Crippen LogP contribution is 2.35. The van der Waals surface area contributed by atoms with Crippen molar-refractivity contribution >= 4 is 26.5 Å². The second-order valence-corrected chi connectivity index (χ2v) is 12.1. The highest BCUT2D eigenvalue weighted by Gasteiger charge is 2.28. The second-order valence-electron chi connectivity index (χ2n) is 9.42. The molecule has 1 heterocycles. The SMILES string of the molecule is Cc1ccc(-c2sc(NCCC3CCCCC3)nc2C)cc1S(=O)(=O)NC1CCC(O)C1.